The summed E-state index contributed by atoms with van der Waals surface area (Å²) in [5.74, 6) is -0.544. The van der Waals surface area contributed by atoms with Crippen LogP contribution < -0.4 is 9.62 Å². The molecule has 0 aliphatic carbocycles. The van der Waals surface area contributed by atoms with Crippen LogP contribution in [0, 0.1) is 6.92 Å². The molecule has 0 aromatic heterocycles. The van der Waals surface area contributed by atoms with Crippen LogP contribution in [0.2, 0.25) is 10.0 Å². The molecule has 1 N–H and O–H groups in total. The first-order chi connectivity index (χ1) is 19.4. The normalized spacial score (nSPS) is 12.2. The summed E-state index contributed by atoms with van der Waals surface area (Å²) in [4.78, 5) is 28.9. The van der Waals surface area contributed by atoms with E-state index in [0.717, 1.165) is 11.8 Å². The van der Waals surface area contributed by atoms with E-state index in [4.69, 9.17) is 23.2 Å². The van der Waals surface area contributed by atoms with Gasteiger partial charge in [0, 0.05) is 42.0 Å². The number of anilines is 1. The van der Waals surface area contributed by atoms with Crippen LogP contribution in [0.1, 0.15) is 43.4 Å². The molecule has 0 aliphatic rings. The van der Waals surface area contributed by atoms with Gasteiger partial charge in [0.05, 0.1) is 11.9 Å². The largest absolute Gasteiger partial charge is 0.352 e. The Labute approximate surface area is 253 Å². The first-order valence-corrected chi connectivity index (χ1v) is 16.1. The van der Waals surface area contributed by atoms with Crippen molar-refractivity contribution < 1.29 is 18.0 Å². The molecule has 0 saturated heterocycles. The second kappa shape index (κ2) is 14.7. The van der Waals surface area contributed by atoms with Gasteiger partial charge in [-0.15, -0.1) is 0 Å². The van der Waals surface area contributed by atoms with E-state index < -0.39 is 16.1 Å². The second-order valence-electron chi connectivity index (χ2n) is 10.3. The predicted octanol–water partition coefficient (Wildman–Crippen LogP) is 6.01. The summed E-state index contributed by atoms with van der Waals surface area (Å²) in [6, 6.07) is 20.9. The quantitative estimate of drug-likeness (QED) is 0.254. The van der Waals surface area contributed by atoms with Gasteiger partial charge in [-0.05, 0) is 62.1 Å². The van der Waals surface area contributed by atoms with E-state index in [1.165, 1.54) is 4.31 Å². The first kappa shape index (κ1) is 32.4. The fourth-order valence-electron chi connectivity index (χ4n) is 4.59. The Kier molecular flexibility index (Phi) is 11.6. The molecule has 2 amide bonds. The van der Waals surface area contributed by atoms with E-state index in [9.17, 15) is 18.0 Å². The standard InChI is InChI=1S/C31H37Cl2N3O4S/c1-22(2)34-31(38)29(20-24-12-6-5-7-13-24)35(21-25-14-8-9-15-27(25)33)30(37)18-11-19-36(41(4,39)40)28-17-10-16-26(32)23(28)3/h5-10,12-17,22,29H,11,18-21H2,1-4H3,(H,34,38)/t29-/m1/s1. The number of hydrogen-bond donors (Lipinski definition) is 1. The highest BCUT2D eigenvalue weighted by atomic mass is 35.5. The Balaban J connectivity index is 1.91. The molecule has 41 heavy (non-hydrogen) atoms. The number of hydrogen-bond acceptors (Lipinski definition) is 4. The van der Waals surface area contributed by atoms with Gasteiger partial charge in [-0.3, -0.25) is 13.9 Å². The molecule has 220 valence electrons. The summed E-state index contributed by atoms with van der Waals surface area (Å²) in [6.07, 6.45) is 1.70. The Hall–Kier alpha value is -3.07. The Morgan fingerprint density at radius 3 is 2.17 bits per heavy atom. The molecule has 1 atom stereocenters. The maximum absolute atomic E-state index is 13.9. The molecule has 7 nitrogen and oxygen atoms in total. The lowest BCUT2D eigenvalue weighted by Crippen LogP contribution is -2.51. The van der Waals surface area contributed by atoms with Gasteiger partial charge in [-0.25, -0.2) is 8.42 Å². The van der Waals surface area contributed by atoms with Gasteiger partial charge in [0.15, 0.2) is 0 Å². The number of halogens is 2. The summed E-state index contributed by atoms with van der Waals surface area (Å²) in [7, 11) is -3.65. The molecule has 10 heteroatoms. The number of nitrogens with one attached hydrogen (secondary N) is 1. The summed E-state index contributed by atoms with van der Waals surface area (Å²) < 4.78 is 26.7. The highest BCUT2D eigenvalue weighted by Gasteiger charge is 2.31. The van der Waals surface area contributed by atoms with Crippen LogP contribution in [0.3, 0.4) is 0 Å². The molecular weight excluding hydrogens is 581 g/mol. The van der Waals surface area contributed by atoms with E-state index in [0.29, 0.717) is 33.3 Å². The van der Waals surface area contributed by atoms with Gasteiger partial charge >= 0.3 is 0 Å². The van der Waals surface area contributed by atoms with Crippen LogP contribution in [0.15, 0.2) is 72.8 Å². The van der Waals surface area contributed by atoms with Crippen LogP contribution in [0.25, 0.3) is 0 Å². The minimum Gasteiger partial charge on any atom is -0.352 e. The average Bonchev–Trinajstić information content (AvgIpc) is 2.91. The zero-order valence-corrected chi connectivity index (χ0v) is 26.1. The minimum absolute atomic E-state index is 0.0241. The van der Waals surface area contributed by atoms with Gasteiger partial charge in [-0.1, -0.05) is 77.8 Å². The number of amides is 2. The van der Waals surface area contributed by atoms with Crippen LogP contribution in [-0.4, -0.2) is 50.0 Å². The Bertz CT molecular complexity index is 1450. The summed E-state index contributed by atoms with van der Waals surface area (Å²) >= 11 is 12.7. The van der Waals surface area contributed by atoms with Crippen LogP contribution >= 0.6 is 23.2 Å². The molecule has 3 aromatic rings. The number of nitrogens with zero attached hydrogens (tertiary/aromatic N) is 2. The number of sulfonamides is 1. The fourth-order valence-corrected chi connectivity index (χ4v) is 5.97. The van der Waals surface area contributed by atoms with Crippen LogP contribution in [-0.2, 0) is 32.6 Å². The lowest BCUT2D eigenvalue weighted by molar-refractivity contribution is -0.141. The SMILES string of the molecule is Cc1c(Cl)cccc1N(CCCC(=O)N(Cc1ccccc1Cl)[C@H](Cc1ccccc1)C(=O)NC(C)C)S(C)(=O)=O. The Morgan fingerprint density at radius 1 is 0.902 bits per heavy atom. The van der Waals surface area contributed by atoms with Crippen molar-refractivity contribution in [3.63, 3.8) is 0 Å². The van der Waals surface area contributed by atoms with Crippen molar-refractivity contribution in [3.05, 3.63) is 99.5 Å². The fraction of sp³-hybridized carbons (Fsp3) is 0.355. The smallest absolute Gasteiger partial charge is 0.243 e. The number of carbonyl (C=O) groups is 2. The van der Waals surface area contributed by atoms with Crippen molar-refractivity contribution in [1.29, 1.82) is 0 Å². The van der Waals surface area contributed by atoms with Crippen LogP contribution in [0.4, 0.5) is 5.69 Å². The molecule has 0 aliphatic heterocycles. The van der Waals surface area contributed by atoms with Gasteiger partial charge in [0.1, 0.15) is 6.04 Å². The first-order valence-electron chi connectivity index (χ1n) is 13.5. The topological polar surface area (TPSA) is 86.8 Å². The maximum atomic E-state index is 13.9. The van der Waals surface area contributed by atoms with E-state index in [2.05, 4.69) is 5.32 Å². The minimum atomic E-state index is -3.65. The van der Waals surface area contributed by atoms with Gasteiger partial charge in [-0.2, -0.15) is 0 Å². The summed E-state index contributed by atoms with van der Waals surface area (Å²) in [6.45, 7) is 5.70. The third-order valence-electron chi connectivity index (χ3n) is 6.66. The second-order valence-corrected chi connectivity index (χ2v) is 13.0. The molecule has 0 spiro atoms. The van der Waals surface area contributed by atoms with Crippen molar-refractivity contribution in [2.75, 3.05) is 17.1 Å². The molecule has 0 heterocycles. The van der Waals surface area contributed by atoms with E-state index in [1.807, 2.05) is 62.4 Å². The molecule has 0 saturated carbocycles. The third kappa shape index (κ3) is 9.21. The lowest BCUT2D eigenvalue weighted by atomic mass is 10.0. The molecular formula is C31H37Cl2N3O4S. The van der Waals surface area contributed by atoms with Crippen molar-refractivity contribution >= 4 is 50.7 Å². The number of carbonyl (C=O) groups excluding carboxylic acids is 2. The monoisotopic (exact) mass is 617 g/mol. The van der Waals surface area contributed by atoms with E-state index in [1.54, 1.807) is 36.1 Å². The number of rotatable bonds is 13. The van der Waals surface area contributed by atoms with E-state index >= 15 is 0 Å². The molecule has 0 fully saturated rings. The van der Waals surface area contributed by atoms with Crippen molar-refractivity contribution in [2.24, 2.45) is 0 Å². The summed E-state index contributed by atoms with van der Waals surface area (Å²) in [5, 5.41) is 3.91. The third-order valence-corrected chi connectivity index (χ3v) is 8.62. The molecule has 3 rings (SSSR count). The molecule has 0 radical (unpaired) electrons. The van der Waals surface area contributed by atoms with Crippen molar-refractivity contribution in [1.82, 2.24) is 10.2 Å². The highest BCUT2D eigenvalue weighted by Crippen LogP contribution is 2.29. The van der Waals surface area contributed by atoms with Gasteiger partial charge in [0.2, 0.25) is 21.8 Å². The predicted molar refractivity (Wildman–Crippen MR) is 167 cm³/mol. The Morgan fingerprint density at radius 2 is 1.54 bits per heavy atom. The zero-order chi connectivity index (χ0) is 30.2. The van der Waals surface area contributed by atoms with Crippen LogP contribution in [0.5, 0.6) is 0 Å². The van der Waals surface area contributed by atoms with Gasteiger partial charge < -0.3 is 10.2 Å². The lowest BCUT2D eigenvalue weighted by Gasteiger charge is -2.32. The molecule has 0 bridgehead atoms. The maximum Gasteiger partial charge on any atom is 0.243 e. The van der Waals surface area contributed by atoms with E-state index in [-0.39, 0.29) is 43.8 Å². The molecule has 0 unspecified atom stereocenters. The van der Waals surface area contributed by atoms with Crippen molar-refractivity contribution in [3.8, 4) is 0 Å². The highest BCUT2D eigenvalue weighted by molar-refractivity contribution is 7.92. The van der Waals surface area contributed by atoms with Gasteiger partial charge in [0.25, 0.3) is 0 Å². The molecule has 3 aromatic carbocycles. The summed E-state index contributed by atoms with van der Waals surface area (Å²) in [5.41, 5.74) is 2.73. The zero-order valence-electron chi connectivity index (χ0n) is 23.8. The number of benzene rings is 3. The van der Waals surface area contributed by atoms with Crippen molar-refractivity contribution in [2.45, 2.75) is 58.7 Å². The average molecular weight is 619 g/mol.